The molecule has 0 aliphatic heterocycles. The van der Waals surface area contributed by atoms with Gasteiger partial charge in [0.05, 0.1) is 25.3 Å². The minimum Gasteiger partial charge on any atom is -0.226 e. The molecule has 4 nitrogen and oxygen atoms in total. The summed E-state index contributed by atoms with van der Waals surface area (Å²) >= 11 is 1.97. The third kappa shape index (κ3) is 2.61. The Morgan fingerprint density at radius 3 is 2.12 bits per heavy atom. The summed E-state index contributed by atoms with van der Waals surface area (Å²) in [6, 6.07) is 8.38. The van der Waals surface area contributed by atoms with Crippen LogP contribution in [0.4, 0.5) is 0 Å². The lowest BCUT2D eigenvalue weighted by Crippen LogP contribution is -2.15. The number of rotatable bonds is 0. The number of halogens is 1. The van der Waals surface area contributed by atoms with Crippen molar-refractivity contribution in [1.29, 1.82) is 10.5 Å². The second-order valence-corrected chi connectivity index (χ2v) is 4.00. The molecule has 0 atom stereocenters. The highest BCUT2D eigenvalue weighted by Gasteiger charge is 2.01. The summed E-state index contributed by atoms with van der Waals surface area (Å²) in [7, 11) is 0. The molecule has 0 aliphatic rings. The lowest BCUT2D eigenvalue weighted by atomic mass is 10.2. The quantitative estimate of drug-likeness (QED) is 0.533. The van der Waals surface area contributed by atoms with Crippen LogP contribution < -0.4 is 10.4 Å². The summed E-state index contributed by atoms with van der Waals surface area (Å²) in [4.78, 5) is 6.22. The molecule has 0 saturated heterocycles. The molecule has 0 aliphatic carbocycles. The predicted molar refractivity (Wildman–Crippen MR) is 69.7 cm³/mol. The van der Waals surface area contributed by atoms with Gasteiger partial charge in [0.1, 0.15) is 0 Å². The van der Waals surface area contributed by atoms with Crippen molar-refractivity contribution < 1.29 is 0 Å². The van der Waals surface area contributed by atoms with E-state index in [2.05, 4.69) is 9.69 Å². The summed E-state index contributed by atoms with van der Waals surface area (Å²) < 4.78 is 0.670. The highest BCUT2D eigenvalue weighted by molar-refractivity contribution is 14.1. The van der Waals surface area contributed by atoms with Crippen molar-refractivity contribution >= 4 is 34.0 Å². The molecule has 1 rings (SSSR count). The van der Waals surface area contributed by atoms with E-state index < -0.39 is 0 Å². The van der Waals surface area contributed by atoms with E-state index in [0.717, 1.165) is 0 Å². The molecule has 1 aromatic rings. The molecule has 17 heavy (non-hydrogen) atoms. The molecule has 0 unspecified atom stereocenters. The summed E-state index contributed by atoms with van der Waals surface area (Å²) in [5.41, 5.74) is -0.00180. The smallest absolute Gasteiger partial charge is 0.226 e. The topological polar surface area (TPSA) is 56.3 Å². The molecule has 0 spiro atoms. The van der Waals surface area contributed by atoms with E-state index in [-0.39, 0.29) is 11.4 Å². The Bertz CT molecular complexity index is 716. The molecule has 0 heterocycles. The summed E-state index contributed by atoms with van der Waals surface area (Å²) in [6.45, 7) is 13.7. The number of nitrogens with zero attached hydrogens (tertiary/aromatic N) is 4. The van der Waals surface area contributed by atoms with Crippen LogP contribution in [0.1, 0.15) is 0 Å². The third-order valence-corrected chi connectivity index (χ3v) is 2.83. The van der Waals surface area contributed by atoms with Crippen LogP contribution >= 0.6 is 22.6 Å². The molecule has 0 N–H and O–H groups in total. The zero-order valence-corrected chi connectivity index (χ0v) is 10.6. The summed E-state index contributed by atoms with van der Waals surface area (Å²) in [5, 5.41) is 18.5. The lowest BCUT2D eigenvalue weighted by Gasteiger charge is -1.94. The highest BCUT2D eigenvalue weighted by Crippen LogP contribution is 2.00. The Morgan fingerprint density at radius 1 is 1.12 bits per heavy atom. The Morgan fingerprint density at radius 2 is 1.71 bits per heavy atom. The Labute approximate surface area is 111 Å². The van der Waals surface area contributed by atoms with Gasteiger partial charge in [-0.15, -0.1) is 0 Å². The monoisotopic (exact) mass is 330 g/mol. The van der Waals surface area contributed by atoms with Crippen LogP contribution in [0.5, 0.6) is 0 Å². The third-order valence-electron chi connectivity index (χ3n) is 1.93. The zero-order valence-electron chi connectivity index (χ0n) is 8.40. The molecule has 78 valence electrons. The molecule has 0 aromatic heterocycles. The lowest BCUT2D eigenvalue weighted by molar-refractivity contribution is 1.45. The van der Waals surface area contributed by atoms with Gasteiger partial charge in [-0.3, -0.25) is 0 Å². The first-order chi connectivity index (χ1) is 8.17. The average molecular weight is 330 g/mol. The van der Waals surface area contributed by atoms with Crippen molar-refractivity contribution in [3.63, 3.8) is 0 Å². The van der Waals surface area contributed by atoms with Crippen molar-refractivity contribution in [3.8, 4) is 12.1 Å². The van der Waals surface area contributed by atoms with Crippen molar-refractivity contribution in [2.75, 3.05) is 0 Å². The number of benzene rings is 1. The largest absolute Gasteiger partial charge is 0.270 e. The second kappa shape index (κ2) is 5.66. The molecule has 5 heteroatoms. The molecule has 0 amide bonds. The fourth-order valence-electron chi connectivity index (χ4n) is 1.15. The predicted octanol–water partition coefficient (Wildman–Crippen LogP) is 1.39. The Balaban J connectivity index is 3.78. The first-order valence-electron chi connectivity index (χ1n) is 4.27. The molecule has 0 radical (unpaired) electrons. The van der Waals surface area contributed by atoms with Gasteiger partial charge in [0.25, 0.3) is 11.4 Å². The minimum absolute atomic E-state index is 0.00210. The van der Waals surface area contributed by atoms with Gasteiger partial charge in [-0.05, 0) is 27.8 Å². The van der Waals surface area contributed by atoms with E-state index in [1.54, 1.807) is 24.3 Å². The number of nitriles is 2. The van der Waals surface area contributed by atoms with E-state index in [1.807, 2.05) is 28.7 Å². The van der Waals surface area contributed by atoms with Gasteiger partial charge in [0.2, 0.25) is 0 Å². The molecule has 0 saturated carbocycles. The first-order valence-corrected chi connectivity index (χ1v) is 5.35. The SMILES string of the molecule is [C-]#[N+]/C(C#N)=c1/cc/c(=C(\C#N)[N+]#[C-])c(I)c1. The maximum Gasteiger partial charge on any atom is 0.270 e. The standard InChI is InChI=1S/C12H3IN4/c1-16-11(6-14)8-3-4-9(10(13)5-8)12(7-15)17-2/h3-5H/b11-8-,12-9-. The van der Waals surface area contributed by atoms with Gasteiger partial charge >= 0.3 is 0 Å². The van der Waals surface area contributed by atoms with Crippen molar-refractivity contribution in [3.05, 3.63) is 55.0 Å². The zero-order chi connectivity index (χ0) is 12.8. The summed E-state index contributed by atoms with van der Waals surface area (Å²) in [6.07, 6.45) is 0. The Hall–Kier alpha value is -2.35. The van der Waals surface area contributed by atoms with Gasteiger partial charge in [0.15, 0.2) is 0 Å². The number of hydrogen-bond donors (Lipinski definition) is 0. The van der Waals surface area contributed by atoms with Gasteiger partial charge in [-0.25, -0.2) is 20.2 Å². The van der Waals surface area contributed by atoms with E-state index in [1.165, 1.54) is 0 Å². The van der Waals surface area contributed by atoms with Crippen molar-refractivity contribution in [2.24, 2.45) is 0 Å². The van der Waals surface area contributed by atoms with Crippen molar-refractivity contribution in [1.82, 2.24) is 0 Å². The van der Waals surface area contributed by atoms with Crippen LogP contribution in [0.25, 0.3) is 21.1 Å². The van der Waals surface area contributed by atoms with E-state index in [0.29, 0.717) is 14.0 Å². The van der Waals surface area contributed by atoms with Gasteiger partial charge < -0.3 is 0 Å². The normalized spacial score (nSPS) is 12.3. The van der Waals surface area contributed by atoms with Gasteiger partial charge in [0, 0.05) is 8.79 Å². The maximum atomic E-state index is 8.76. The van der Waals surface area contributed by atoms with E-state index in [4.69, 9.17) is 23.7 Å². The van der Waals surface area contributed by atoms with Crippen LogP contribution in [-0.2, 0) is 0 Å². The fourth-order valence-corrected chi connectivity index (χ4v) is 1.92. The van der Waals surface area contributed by atoms with Crippen LogP contribution in [0.15, 0.2) is 18.2 Å². The fraction of sp³-hybridized carbons (Fsp3) is 0. The summed E-state index contributed by atoms with van der Waals surface area (Å²) in [5.74, 6) is 0. The number of hydrogen-bond acceptors (Lipinski definition) is 2. The van der Waals surface area contributed by atoms with E-state index >= 15 is 0 Å². The maximum absolute atomic E-state index is 8.76. The molecule has 1 aromatic carbocycles. The van der Waals surface area contributed by atoms with Crippen LogP contribution in [0.3, 0.4) is 0 Å². The molecule has 0 fully saturated rings. The molecular weight excluding hydrogens is 327 g/mol. The van der Waals surface area contributed by atoms with Crippen molar-refractivity contribution in [2.45, 2.75) is 0 Å². The highest BCUT2D eigenvalue weighted by atomic mass is 127. The van der Waals surface area contributed by atoms with E-state index in [9.17, 15) is 0 Å². The van der Waals surface area contributed by atoms with Gasteiger partial charge in [-0.2, -0.15) is 0 Å². The van der Waals surface area contributed by atoms with Crippen LogP contribution in [0, 0.1) is 39.4 Å². The van der Waals surface area contributed by atoms with Crippen LogP contribution in [-0.4, -0.2) is 0 Å². The minimum atomic E-state index is -0.00390. The first kappa shape index (κ1) is 12.7. The van der Waals surface area contributed by atoms with Gasteiger partial charge in [-0.1, -0.05) is 18.2 Å². The molecular formula is C12H3IN4. The average Bonchev–Trinajstić information content (AvgIpc) is 2.34. The second-order valence-electron chi connectivity index (χ2n) is 2.84. The van der Waals surface area contributed by atoms with Crippen LogP contribution in [0.2, 0.25) is 0 Å². The molecule has 0 bridgehead atoms. The Kier molecular flexibility index (Phi) is 4.23.